The molecule has 0 aliphatic heterocycles. The number of hydrogen-bond acceptors (Lipinski definition) is 3. The Morgan fingerprint density at radius 1 is 1.45 bits per heavy atom. The molecule has 0 aromatic heterocycles. The van der Waals surface area contributed by atoms with Crippen LogP contribution in [0.2, 0.25) is 0 Å². The molecule has 5 nitrogen and oxygen atoms in total. The van der Waals surface area contributed by atoms with Crippen LogP contribution in [-0.2, 0) is 0 Å². The lowest BCUT2D eigenvalue weighted by atomic mass is 10.8. The molecule has 58 valence electrons. The predicted octanol–water partition coefficient (Wildman–Crippen LogP) is -2.19. The third-order valence-corrected chi connectivity index (χ3v) is 0.425. The largest absolute Gasteiger partial charge is 0.369 e. The lowest BCUT2D eigenvalue weighted by Gasteiger charge is -1.87. The SMILES string of the molecule is CN.CN=C(N)NC#N.[B].[B]. The van der Waals surface area contributed by atoms with Gasteiger partial charge in [-0.25, -0.2) is 0 Å². The van der Waals surface area contributed by atoms with E-state index < -0.39 is 0 Å². The molecule has 0 amide bonds. The molecule has 0 aromatic rings. The first-order valence-electron chi connectivity index (χ1n) is 2.26. The zero-order valence-electron chi connectivity index (χ0n) is 6.70. The van der Waals surface area contributed by atoms with E-state index in [1.165, 1.54) is 14.1 Å². The van der Waals surface area contributed by atoms with Crippen LogP contribution in [0.4, 0.5) is 0 Å². The Labute approximate surface area is 71.0 Å². The van der Waals surface area contributed by atoms with Crippen LogP contribution in [0.5, 0.6) is 0 Å². The molecule has 11 heavy (non-hydrogen) atoms. The van der Waals surface area contributed by atoms with Crippen molar-refractivity contribution in [1.29, 1.82) is 5.26 Å². The third-order valence-electron chi connectivity index (χ3n) is 0.425. The summed E-state index contributed by atoms with van der Waals surface area (Å²) < 4.78 is 0. The fourth-order valence-corrected chi connectivity index (χ4v) is 0.113. The normalized spacial score (nSPS) is 6.91. The summed E-state index contributed by atoms with van der Waals surface area (Å²) in [6, 6.07) is 0. The highest BCUT2D eigenvalue weighted by Gasteiger charge is 1.77. The van der Waals surface area contributed by atoms with E-state index in [9.17, 15) is 0 Å². The third kappa shape index (κ3) is 28.0. The van der Waals surface area contributed by atoms with Gasteiger partial charge in [0.1, 0.15) is 0 Å². The highest BCUT2D eigenvalue weighted by atomic mass is 15.1. The van der Waals surface area contributed by atoms with E-state index in [0.717, 1.165) is 0 Å². The Morgan fingerprint density at radius 3 is 1.91 bits per heavy atom. The van der Waals surface area contributed by atoms with E-state index in [4.69, 9.17) is 11.0 Å². The number of rotatable bonds is 0. The molecule has 5 N–H and O–H groups in total. The van der Waals surface area contributed by atoms with Gasteiger partial charge in [-0.1, -0.05) is 0 Å². The second kappa shape index (κ2) is 23.2. The Kier molecular flexibility index (Phi) is 47.5. The molecular weight excluding hydrogens is 140 g/mol. The van der Waals surface area contributed by atoms with Crippen LogP contribution in [0, 0.1) is 11.5 Å². The molecule has 0 bridgehead atoms. The Morgan fingerprint density at radius 2 is 1.82 bits per heavy atom. The highest BCUT2D eigenvalue weighted by molar-refractivity contribution is 5.78. The van der Waals surface area contributed by atoms with Gasteiger partial charge in [0, 0.05) is 23.9 Å². The molecule has 7 heteroatoms. The van der Waals surface area contributed by atoms with Crippen LogP contribution < -0.4 is 16.8 Å². The van der Waals surface area contributed by atoms with Crippen molar-refractivity contribution in [2.45, 2.75) is 0 Å². The summed E-state index contributed by atoms with van der Waals surface area (Å²) >= 11 is 0. The summed E-state index contributed by atoms with van der Waals surface area (Å²) in [4.78, 5) is 3.44. The maximum Gasteiger partial charge on any atom is 0.201 e. The highest BCUT2D eigenvalue weighted by Crippen LogP contribution is 1.50. The fourth-order valence-electron chi connectivity index (χ4n) is 0.113. The van der Waals surface area contributed by atoms with Crippen molar-refractivity contribution in [3.05, 3.63) is 0 Å². The lowest BCUT2D eigenvalue weighted by molar-refractivity contribution is 1.20. The number of nitrogens with two attached hydrogens (primary N) is 2. The molecule has 0 fully saturated rings. The summed E-state index contributed by atoms with van der Waals surface area (Å²) in [5.74, 6) is 0.141. The zero-order valence-corrected chi connectivity index (χ0v) is 6.70. The number of nitrogens with one attached hydrogen (secondary N) is 1. The van der Waals surface area contributed by atoms with Crippen LogP contribution in [0.1, 0.15) is 0 Å². The molecule has 0 aromatic carbocycles. The molecule has 0 saturated heterocycles. The van der Waals surface area contributed by atoms with Crippen LogP contribution in [0.3, 0.4) is 0 Å². The fraction of sp³-hybridized carbons (Fsp3) is 0.500. The smallest absolute Gasteiger partial charge is 0.201 e. The first kappa shape index (κ1) is 22.5. The number of aliphatic imine (C=N–C) groups is 1. The summed E-state index contributed by atoms with van der Waals surface area (Å²) in [6.07, 6.45) is 1.61. The van der Waals surface area contributed by atoms with E-state index in [-0.39, 0.29) is 22.8 Å². The van der Waals surface area contributed by atoms with E-state index in [1.54, 1.807) is 6.19 Å². The van der Waals surface area contributed by atoms with Crippen molar-refractivity contribution in [3.8, 4) is 6.19 Å². The summed E-state index contributed by atoms with van der Waals surface area (Å²) in [6.45, 7) is 0. The minimum Gasteiger partial charge on any atom is -0.369 e. The Bertz CT molecular complexity index is 118. The van der Waals surface area contributed by atoms with Gasteiger partial charge in [-0.15, -0.1) is 0 Å². The van der Waals surface area contributed by atoms with Gasteiger partial charge in [0.05, 0.1) is 0 Å². The van der Waals surface area contributed by atoms with E-state index in [1.807, 2.05) is 0 Å². The van der Waals surface area contributed by atoms with E-state index in [2.05, 4.69) is 16.0 Å². The molecule has 0 heterocycles. The van der Waals surface area contributed by atoms with Crippen LogP contribution >= 0.6 is 0 Å². The van der Waals surface area contributed by atoms with Crippen molar-refractivity contribution < 1.29 is 0 Å². The van der Waals surface area contributed by atoms with Gasteiger partial charge in [0.25, 0.3) is 0 Å². The van der Waals surface area contributed by atoms with Crippen molar-refractivity contribution in [2.24, 2.45) is 16.5 Å². The van der Waals surface area contributed by atoms with E-state index in [0.29, 0.717) is 0 Å². The first-order chi connectivity index (χ1) is 4.31. The predicted molar refractivity (Wildman–Crippen MR) is 47.9 cm³/mol. The molecule has 0 aliphatic carbocycles. The Hall–Kier alpha value is -1.15. The molecule has 0 unspecified atom stereocenters. The maximum absolute atomic E-state index is 7.85. The monoisotopic (exact) mass is 151 g/mol. The van der Waals surface area contributed by atoms with Gasteiger partial charge in [-0.3, -0.25) is 10.3 Å². The summed E-state index contributed by atoms with van der Waals surface area (Å²) in [5, 5.41) is 9.97. The molecule has 0 atom stereocenters. The molecular formula is C4H11B2N5. The van der Waals surface area contributed by atoms with Gasteiger partial charge in [-0.2, -0.15) is 5.26 Å². The standard InChI is InChI=1S/C3H6N4.CH5N.2B/c1-6-3(5)7-2-4;1-2;;/h1H3,(H3,5,6,7);2H2,1H3;;. The maximum atomic E-state index is 7.85. The van der Waals surface area contributed by atoms with Crippen molar-refractivity contribution in [3.63, 3.8) is 0 Å². The van der Waals surface area contributed by atoms with Gasteiger partial charge in [0.2, 0.25) is 5.96 Å². The van der Waals surface area contributed by atoms with Crippen LogP contribution in [0.15, 0.2) is 4.99 Å². The summed E-state index contributed by atoms with van der Waals surface area (Å²) in [7, 11) is 3.00. The number of nitriles is 1. The van der Waals surface area contributed by atoms with E-state index >= 15 is 0 Å². The Balaban J connectivity index is -0.0000000564. The van der Waals surface area contributed by atoms with Gasteiger partial charge in [-0.05, 0) is 7.05 Å². The average Bonchev–Trinajstić information content (AvgIpc) is 1.93. The van der Waals surface area contributed by atoms with Crippen molar-refractivity contribution in [2.75, 3.05) is 14.1 Å². The van der Waals surface area contributed by atoms with Crippen molar-refractivity contribution in [1.82, 2.24) is 5.32 Å². The number of guanidine groups is 1. The van der Waals surface area contributed by atoms with Gasteiger partial charge in [0.15, 0.2) is 6.19 Å². The topological polar surface area (TPSA) is 100 Å². The molecule has 0 rings (SSSR count). The molecule has 0 saturated carbocycles. The summed E-state index contributed by atoms with van der Waals surface area (Å²) in [5.41, 5.74) is 9.50. The molecule has 0 spiro atoms. The van der Waals surface area contributed by atoms with Crippen LogP contribution in [-0.4, -0.2) is 36.9 Å². The lowest BCUT2D eigenvalue weighted by Crippen LogP contribution is -2.26. The van der Waals surface area contributed by atoms with Gasteiger partial charge < -0.3 is 11.5 Å². The molecule has 6 radical (unpaired) electrons. The average molecular weight is 151 g/mol. The van der Waals surface area contributed by atoms with Crippen LogP contribution in [0.25, 0.3) is 0 Å². The van der Waals surface area contributed by atoms with Gasteiger partial charge >= 0.3 is 0 Å². The zero-order chi connectivity index (χ0) is 7.70. The second-order valence-corrected chi connectivity index (χ2v) is 0.846. The molecule has 0 aliphatic rings. The number of nitrogens with zero attached hydrogens (tertiary/aromatic N) is 2. The van der Waals surface area contributed by atoms with Crippen molar-refractivity contribution >= 4 is 22.8 Å². The minimum atomic E-state index is 0. The number of hydrogen-bond donors (Lipinski definition) is 3. The quantitative estimate of drug-likeness (QED) is 0.120. The minimum absolute atomic E-state index is 0. The first-order valence-corrected chi connectivity index (χ1v) is 2.26. The second-order valence-electron chi connectivity index (χ2n) is 0.846.